The molecule has 0 spiro atoms. The van der Waals surface area contributed by atoms with Crippen LogP contribution in [0.15, 0.2) is 0 Å². The van der Waals surface area contributed by atoms with Gasteiger partial charge < -0.3 is 14.7 Å². The Kier molecular flexibility index (Phi) is 3.22. The molecular weight excluding hydrogens is 206 g/mol. The van der Waals surface area contributed by atoms with Crippen LogP contribution in [0.5, 0.6) is 0 Å². The summed E-state index contributed by atoms with van der Waals surface area (Å²) in [6.45, 7) is 4.33. The highest BCUT2D eigenvalue weighted by atomic mass is 16.5. The van der Waals surface area contributed by atoms with Crippen LogP contribution in [0.3, 0.4) is 0 Å². The summed E-state index contributed by atoms with van der Waals surface area (Å²) < 4.78 is 5.70. The largest absolute Gasteiger partial charge is 0.381 e. The number of fused-ring (bicyclic) bond motifs is 1. The molecule has 4 heteroatoms. The highest BCUT2D eigenvalue weighted by Crippen LogP contribution is 2.29. The van der Waals surface area contributed by atoms with Crippen LogP contribution in [-0.4, -0.2) is 46.8 Å². The Morgan fingerprint density at radius 1 is 1.38 bits per heavy atom. The second kappa shape index (κ2) is 4.34. The van der Waals surface area contributed by atoms with Crippen LogP contribution in [0, 0.1) is 0 Å². The molecule has 1 aliphatic carbocycles. The minimum Gasteiger partial charge on any atom is -0.381 e. The molecule has 0 bridgehead atoms. The lowest BCUT2D eigenvalue weighted by atomic mass is 9.89. The van der Waals surface area contributed by atoms with Crippen LogP contribution in [0.1, 0.15) is 39.5 Å². The molecule has 2 aliphatic rings. The lowest BCUT2D eigenvalue weighted by Gasteiger charge is -2.45. The van der Waals surface area contributed by atoms with Crippen LogP contribution in [-0.2, 0) is 9.53 Å². The van der Waals surface area contributed by atoms with Gasteiger partial charge in [-0.3, -0.25) is 4.79 Å². The van der Waals surface area contributed by atoms with Crippen molar-refractivity contribution >= 4 is 5.91 Å². The van der Waals surface area contributed by atoms with E-state index >= 15 is 0 Å². The summed E-state index contributed by atoms with van der Waals surface area (Å²) in [6, 6.07) is 0.182. The van der Waals surface area contributed by atoms with E-state index < -0.39 is 5.60 Å². The molecule has 1 saturated carbocycles. The summed E-state index contributed by atoms with van der Waals surface area (Å²) in [5.74, 6) is -0.160. The van der Waals surface area contributed by atoms with Crippen molar-refractivity contribution in [1.82, 2.24) is 4.90 Å². The highest BCUT2D eigenvalue weighted by Gasteiger charge is 2.40. The number of amides is 1. The van der Waals surface area contributed by atoms with Crippen molar-refractivity contribution in [3.8, 4) is 0 Å². The molecule has 2 atom stereocenters. The molecule has 0 aromatic rings. The van der Waals surface area contributed by atoms with E-state index in [0.717, 1.165) is 19.3 Å². The second-order valence-electron chi connectivity index (χ2n) is 5.32. The molecule has 1 heterocycles. The topological polar surface area (TPSA) is 49.8 Å². The molecule has 92 valence electrons. The average Bonchev–Trinajstić information content (AvgIpc) is 2.26. The first-order chi connectivity index (χ1) is 7.50. The van der Waals surface area contributed by atoms with Crippen molar-refractivity contribution in [2.45, 2.75) is 57.3 Å². The predicted molar refractivity (Wildman–Crippen MR) is 60.0 cm³/mol. The van der Waals surface area contributed by atoms with Gasteiger partial charge in [-0.05, 0) is 26.7 Å². The fraction of sp³-hybridized carbons (Fsp3) is 0.917. The zero-order chi connectivity index (χ0) is 11.8. The highest BCUT2D eigenvalue weighted by molar-refractivity contribution is 5.84. The van der Waals surface area contributed by atoms with E-state index in [9.17, 15) is 9.90 Å². The third kappa shape index (κ3) is 2.23. The van der Waals surface area contributed by atoms with Crippen molar-refractivity contribution in [2.24, 2.45) is 0 Å². The van der Waals surface area contributed by atoms with Gasteiger partial charge in [-0.25, -0.2) is 0 Å². The molecule has 0 aromatic heterocycles. The minimum atomic E-state index is -1.26. The number of aliphatic hydroxyl groups is 1. The van der Waals surface area contributed by atoms with Gasteiger partial charge in [-0.2, -0.15) is 0 Å². The Morgan fingerprint density at radius 3 is 2.75 bits per heavy atom. The van der Waals surface area contributed by atoms with Gasteiger partial charge in [-0.1, -0.05) is 12.8 Å². The lowest BCUT2D eigenvalue weighted by Crippen LogP contribution is -2.59. The van der Waals surface area contributed by atoms with Gasteiger partial charge in [-0.15, -0.1) is 0 Å². The SMILES string of the molecule is CC(C)(O)C(=O)N1CCOC2CCCCC21. The van der Waals surface area contributed by atoms with Gasteiger partial charge in [0.2, 0.25) is 0 Å². The number of rotatable bonds is 1. The number of hydrogen-bond donors (Lipinski definition) is 1. The third-order valence-corrected chi connectivity index (χ3v) is 3.52. The van der Waals surface area contributed by atoms with E-state index in [1.54, 1.807) is 13.8 Å². The number of morpholine rings is 1. The second-order valence-corrected chi connectivity index (χ2v) is 5.32. The molecule has 4 nitrogen and oxygen atoms in total. The first-order valence-corrected chi connectivity index (χ1v) is 6.15. The Hall–Kier alpha value is -0.610. The van der Waals surface area contributed by atoms with Crippen LogP contribution in [0.2, 0.25) is 0 Å². The molecule has 2 rings (SSSR count). The van der Waals surface area contributed by atoms with Crippen LogP contribution in [0.4, 0.5) is 0 Å². The Morgan fingerprint density at radius 2 is 2.06 bits per heavy atom. The van der Waals surface area contributed by atoms with Crippen LogP contribution in [0.25, 0.3) is 0 Å². The maximum atomic E-state index is 12.1. The molecule has 1 N–H and O–H groups in total. The standard InChI is InChI=1S/C12H21NO3/c1-12(2,15)11(14)13-7-8-16-10-6-4-3-5-9(10)13/h9-10,15H,3-8H2,1-2H3. The summed E-state index contributed by atoms with van der Waals surface area (Å²) >= 11 is 0. The molecule has 1 saturated heterocycles. The molecule has 0 aromatic carbocycles. The zero-order valence-electron chi connectivity index (χ0n) is 10.1. The van der Waals surface area contributed by atoms with Crippen molar-refractivity contribution < 1.29 is 14.6 Å². The van der Waals surface area contributed by atoms with Gasteiger partial charge >= 0.3 is 0 Å². The molecule has 16 heavy (non-hydrogen) atoms. The van der Waals surface area contributed by atoms with Gasteiger partial charge in [0.15, 0.2) is 0 Å². The van der Waals surface area contributed by atoms with E-state index in [4.69, 9.17) is 4.74 Å². The zero-order valence-corrected chi connectivity index (χ0v) is 10.1. The Bertz CT molecular complexity index is 270. The van der Waals surface area contributed by atoms with Gasteiger partial charge in [0.25, 0.3) is 5.91 Å². The summed E-state index contributed by atoms with van der Waals surface area (Å²) in [5, 5.41) is 9.80. The molecule has 0 radical (unpaired) electrons. The van der Waals surface area contributed by atoms with Crippen LogP contribution < -0.4 is 0 Å². The molecular formula is C12H21NO3. The summed E-state index contributed by atoms with van der Waals surface area (Å²) in [5.41, 5.74) is -1.26. The quantitative estimate of drug-likeness (QED) is 0.725. The van der Waals surface area contributed by atoms with Gasteiger partial charge in [0.1, 0.15) is 5.60 Å². The van der Waals surface area contributed by atoms with Crippen molar-refractivity contribution in [3.63, 3.8) is 0 Å². The normalized spacial score (nSPS) is 31.1. The van der Waals surface area contributed by atoms with Crippen molar-refractivity contribution in [3.05, 3.63) is 0 Å². The van der Waals surface area contributed by atoms with Crippen LogP contribution >= 0.6 is 0 Å². The van der Waals surface area contributed by atoms with Crippen molar-refractivity contribution in [2.75, 3.05) is 13.2 Å². The molecule has 2 unspecified atom stereocenters. The monoisotopic (exact) mass is 227 g/mol. The number of carbonyl (C=O) groups excluding carboxylic acids is 1. The van der Waals surface area contributed by atoms with E-state index in [1.165, 1.54) is 6.42 Å². The lowest BCUT2D eigenvalue weighted by molar-refractivity contribution is -0.165. The number of ether oxygens (including phenoxy) is 1. The van der Waals surface area contributed by atoms with Gasteiger partial charge in [0.05, 0.1) is 18.8 Å². The Labute approximate surface area is 96.6 Å². The van der Waals surface area contributed by atoms with E-state index in [0.29, 0.717) is 13.2 Å². The maximum absolute atomic E-state index is 12.1. The van der Waals surface area contributed by atoms with Gasteiger partial charge in [0, 0.05) is 6.54 Å². The first kappa shape index (κ1) is 11.9. The third-order valence-electron chi connectivity index (χ3n) is 3.52. The Balaban J connectivity index is 2.11. The van der Waals surface area contributed by atoms with Crippen molar-refractivity contribution in [1.29, 1.82) is 0 Å². The molecule has 1 aliphatic heterocycles. The molecule has 2 fully saturated rings. The summed E-state index contributed by atoms with van der Waals surface area (Å²) in [6.07, 6.45) is 4.58. The fourth-order valence-corrected chi connectivity index (χ4v) is 2.70. The first-order valence-electron chi connectivity index (χ1n) is 6.15. The summed E-state index contributed by atoms with van der Waals surface area (Å²) in [7, 11) is 0. The maximum Gasteiger partial charge on any atom is 0.254 e. The molecule has 1 amide bonds. The van der Waals surface area contributed by atoms with E-state index in [-0.39, 0.29) is 18.1 Å². The van der Waals surface area contributed by atoms with E-state index in [1.807, 2.05) is 4.90 Å². The smallest absolute Gasteiger partial charge is 0.254 e. The fourth-order valence-electron chi connectivity index (χ4n) is 2.70. The van der Waals surface area contributed by atoms with E-state index in [2.05, 4.69) is 0 Å². The minimum absolute atomic E-state index is 0.160. The average molecular weight is 227 g/mol. The summed E-state index contributed by atoms with van der Waals surface area (Å²) in [4.78, 5) is 13.9. The number of nitrogens with zero attached hydrogens (tertiary/aromatic N) is 1. The predicted octanol–water partition coefficient (Wildman–Crippen LogP) is 0.927. The number of carbonyl (C=O) groups is 1. The number of hydrogen-bond acceptors (Lipinski definition) is 3.